The van der Waals surface area contributed by atoms with Gasteiger partial charge in [-0.05, 0) is 47.5 Å². The summed E-state index contributed by atoms with van der Waals surface area (Å²) in [4.78, 5) is 24.4. The van der Waals surface area contributed by atoms with Gasteiger partial charge in [-0.15, -0.1) is 11.3 Å². The van der Waals surface area contributed by atoms with E-state index in [1.165, 1.54) is 18.4 Å². The monoisotopic (exact) mass is 375 g/mol. The van der Waals surface area contributed by atoms with Crippen molar-refractivity contribution in [2.45, 2.75) is 38.1 Å². The smallest absolute Gasteiger partial charge is 0.329 e. The molecule has 0 radical (unpaired) electrons. The summed E-state index contributed by atoms with van der Waals surface area (Å²) in [5, 5.41) is 12.3. The summed E-state index contributed by atoms with van der Waals surface area (Å²) in [6.07, 6.45) is 2.56. The molecule has 0 aliphatic heterocycles. The van der Waals surface area contributed by atoms with E-state index >= 15 is 0 Å². The maximum atomic E-state index is 12.3. The zero-order valence-electron chi connectivity index (χ0n) is 11.9. The normalized spacial score (nSPS) is 25.4. The van der Waals surface area contributed by atoms with Crippen molar-refractivity contribution >= 4 is 39.1 Å². The first-order valence-electron chi connectivity index (χ1n) is 6.77. The summed E-state index contributed by atoms with van der Waals surface area (Å²) in [6, 6.07) is 1.62. The van der Waals surface area contributed by atoms with E-state index in [9.17, 15) is 14.7 Å². The van der Waals surface area contributed by atoms with Crippen LogP contribution in [0.25, 0.3) is 0 Å². The predicted octanol–water partition coefficient (Wildman–Crippen LogP) is 3.28. The third-order valence-corrected chi connectivity index (χ3v) is 5.77. The average Bonchev–Trinajstić information content (AvgIpc) is 2.82. The predicted molar refractivity (Wildman–Crippen MR) is 84.0 cm³/mol. The number of halogens is 1. The number of carbonyl (C=O) groups is 2. The molecule has 1 saturated carbocycles. The molecule has 2 N–H and O–H groups in total. The zero-order valence-corrected chi connectivity index (χ0v) is 14.3. The van der Waals surface area contributed by atoms with Crippen molar-refractivity contribution < 1.29 is 19.4 Å². The molecule has 1 aliphatic carbocycles. The molecule has 0 spiro atoms. The fourth-order valence-electron chi connectivity index (χ4n) is 2.53. The summed E-state index contributed by atoms with van der Waals surface area (Å²) < 4.78 is 5.84. The summed E-state index contributed by atoms with van der Waals surface area (Å²) in [6.45, 7) is 2.11. The molecule has 1 fully saturated rings. The summed E-state index contributed by atoms with van der Waals surface area (Å²) in [5.74, 6) is -0.233. The van der Waals surface area contributed by atoms with Gasteiger partial charge in [0.25, 0.3) is 5.91 Å². The van der Waals surface area contributed by atoms with Crippen LogP contribution in [0.3, 0.4) is 0 Å². The molecule has 7 heteroatoms. The third kappa shape index (κ3) is 3.40. The third-order valence-electron chi connectivity index (χ3n) is 3.99. The Kier molecular flexibility index (Phi) is 4.93. The molecule has 2 rings (SSSR count). The molecule has 116 valence electrons. The largest absolute Gasteiger partial charge is 0.495 e. The van der Waals surface area contributed by atoms with E-state index in [2.05, 4.69) is 28.2 Å². The van der Waals surface area contributed by atoms with Crippen molar-refractivity contribution in [1.82, 2.24) is 5.32 Å². The van der Waals surface area contributed by atoms with Crippen molar-refractivity contribution in [2.75, 3.05) is 7.11 Å². The van der Waals surface area contributed by atoms with Crippen LogP contribution >= 0.6 is 27.3 Å². The van der Waals surface area contributed by atoms with Gasteiger partial charge in [0.05, 0.1) is 12.0 Å². The van der Waals surface area contributed by atoms with Gasteiger partial charge in [-0.1, -0.05) is 6.92 Å². The lowest BCUT2D eigenvalue weighted by Crippen LogP contribution is -2.56. The Bertz CT molecular complexity index is 549. The molecule has 5 nitrogen and oxygen atoms in total. The Morgan fingerprint density at radius 1 is 1.48 bits per heavy atom. The number of ether oxygens (including phenoxy) is 1. The minimum atomic E-state index is -1.15. The molecule has 0 saturated heterocycles. The number of methoxy groups -OCH3 is 1. The number of carboxylic acids is 1. The van der Waals surface area contributed by atoms with Gasteiger partial charge in [0, 0.05) is 6.07 Å². The molecule has 0 bridgehead atoms. The number of amides is 1. The molecule has 1 aromatic heterocycles. The lowest BCUT2D eigenvalue weighted by atomic mass is 9.77. The number of nitrogens with one attached hydrogen (secondary N) is 1. The fourth-order valence-corrected chi connectivity index (χ4v) is 4.07. The van der Waals surface area contributed by atoms with Gasteiger partial charge in [-0.3, -0.25) is 4.79 Å². The van der Waals surface area contributed by atoms with Crippen molar-refractivity contribution in [2.24, 2.45) is 5.92 Å². The van der Waals surface area contributed by atoms with Gasteiger partial charge >= 0.3 is 5.97 Å². The second-order valence-electron chi connectivity index (χ2n) is 5.48. The van der Waals surface area contributed by atoms with Crippen LogP contribution in [0.4, 0.5) is 0 Å². The van der Waals surface area contributed by atoms with Gasteiger partial charge < -0.3 is 15.2 Å². The topological polar surface area (TPSA) is 75.6 Å². The van der Waals surface area contributed by atoms with Crippen molar-refractivity contribution in [1.29, 1.82) is 0 Å². The van der Waals surface area contributed by atoms with E-state index in [1.807, 2.05) is 0 Å². The summed E-state index contributed by atoms with van der Waals surface area (Å²) in [5.41, 5.74) is -1.15. The first-order valence-corrected chi connectivity index (χ1v) is 8.38. The Morgan fingerprint density at radius 3 is 2.57 bits per heavy atom. The van der Waals surface area contributed by atoms with Crippen molar-refractivity contribution in [3.05, 3.63) is 14.7 Å². The van der Waals surface area contributed by atoms with E-state index in [0.29, 0.717) is 29.4 Å². The summed E-state index contributed by atoms with van der Waals surface area (Å²) in [7, 11) is 1.52. The first kappa shape index (κ1) is 16.3. The molecule has 0 atom stereocenters. The molecular weight excluding hydrogens is 358 g/mol. The number of hydrogen-bond donors (Lipinski definition) is 2. The number of carboxylic acid groups (broad SMARTS) is 1. The fraction of sp³-hybridized carbons (Fsp3) is 0.571. The van der Waals surface area contributed by atoms with Gasteiger partial charge in [0.2, 0.25) is 0 Å². The Morgan fingerprint density at radius 2 is 2.10 bits per heavy atom. The highest BCUT2D eigenvalue weighted by molar-refractivity contribution is 9.11. The molecule has 0 unspecified atom stereocenters. The van der Waals surface area contributed by atoms with E-state index in [4.69, 9.17) is 4.74 Å². The van der Waals surface area contributed by atoms with E-state index in [1.54, 1.807) is 6.07 Å². The lowest BCUT2D eigenvalue weighted by Gasteiger charge is -2.36. The van der Waals surface area contributed by atoms with Crippen LogP contribution in [0.2, 0.25) is 0 Å². The van der Waals surface area contributed by atoms with E-state index < -0.39 is 11.5 Å². The Hall–Kier alpha value is -1.08. The summed E-state index contributed by atoms with van der Waals surface area (Å²) >= 11 is 4.55. The maximum absolute atomic E-state index is 12.3. The molecule has 1 aliphatic rings. The molecule has 0 aromatic carbocycles. The van der Waals surface area contributed by atoms with Crippen LogP contribution < -0.4 is 10.1 Å². The van der Waals surface area contributed by atoms with Gasteiger partial charge in [-0.25, -0.2) is 4.79 Å². The van der Waals surface area contributed by atoms with Crippen molar-refractivity contribution in [3.63, 3.8) is 0 Å². The van der Waals surface area contributed by atoms with E-state index in [0.717, 1.165) is 16.6 Å². The quantitative estimate of drug-likeness (QED) is 0.846. The van der Waals surface area contributed by atoms with Crippen LogP contribution in [0, 0.1) is 5.92 Å². The number of rotatable bonds is 4. The highest BCUT2D eigenvalue weighted by Gasteiger charge is 2.42. The molecule has 21 heavy (non-hydrogen) atoms. The molecular formula is C14H18BrNO4S. The number of carbonyl (C=O) groups excluding carboxylic acids is 1. The highest BCUT2D eigenvalue weighted by atomic mass is 79.9. The highest BCUT2D eigenvalue weighted by Crippen LogP contribution is 2.36. The molecule has 1 aromatic rings. The average molecular weight is 376 g/mol. The SMILES string of the molecule is COc1cc(C(=O)NC2(C(=O)O)CCC(C)CC2)sc1Br. The second-order valence-corrected chi connectivity index (χ2v) is 7.85. The van der Waals surface area contributed by atoms with Crippen molar-refractivity contribution in [3.8, 4) is 5.75 Å². The van der Waals surface area contributed by atoms with Crippen LogP contribution in [-0.4, -0.2) is 29.6 Å². The van der Waals surface area contributed by atoms with Gasteiger partial charge in [0.1, 0.15) is 15.1 Å². The van der Waals surface area contributed by atoms with E-state index in [-0.39, 0.29) is 5.91 Å². The lowest BCUT2D eigenvalue weighted by molar-refractivity contribution is -0.146. The van der Waals surface area contributed by atoms with Gasteiger partial charge in [0.15, 0.2) is 0 Å². The number of aliphatic carboxylic acids is 1. The Balaban J connectivity index is 2.17. The number of thiophene rings is 1. The second kappa shape index (κ2) is 6.36. The molecule has 1 heterocycles. The molecule has 1 amide bonds. The van der Waals surface area contributed by atoms with Crippen LogP contribution in [0.5, 0.6) is 5.75 Å². The van der Waals surface area contributed by atoms with Crippen LogP contribution in [0.15, 0.2) is 9.85 Å². The minimum Gasteiger partial charge on any atom is -0.495 e. The number of hydrogen-bond acceptors (Lipinski definition) is 4. The first-order chi connectivity index (χ1) is 9.88. The zero-order chi connectivity index (χ0) is 15.6. The van der Waals surface area contributed by atoms with Crippen LogP contribution in [0.1, 0.15) is 42.3 Å². The van der Waals surface area contributed by atoms with Crippen LogP contribution in [-0.2, 0) is 4.79 Å². The maximum Gasteiger partial charge on any atom is 0.329 e. The van der Waals surface area contributed by atoms with Gasteiger partial charge in [-0.2, -0.15) is 0 Å². The standard InChI is InChI=1S/C14H18BrNO4S/c1-8-3-5-14(6-4-8,13(18)19)16-12(17)10-7-9(20-2)11(15)21-10/h7-8H,3-6H2,1-2H3,(H,16,17)(H,18,19). The Labute approximate surface area is 135 Å². The minimum absolute atomic E-state index is 0.360.